The number of nitrogens with one attached hydrogen (secondary N) is 2. The van der Waals surface area contributed by atoms with Crippen LogP contribution in [0.3, 0.4) is 0 Å². The predicted molar refractivity (Wildman–Crippen MR) is 126 cm³/mol. The van der Waals surface area contributed by atoms with Gasteiger partial charge in [0.2, 0.25) is 0 Å². The molecule has 1 unspecified atom stereocenters. The van der Waals surface area contributed by atoms with Crippen LogP contribution in [-0.2, 0) is 0 Å². The van der Waals surface area contributed by atoms with Gasteiger partial charge in [0.1, 0.15) is 5.76 Å². The fourth-order valence-corrected chi connectivity index (χ4v) is 4.18. The Bertz CT molecular complexity index is 551. The Labute approximate surface area is 187 Å². The first-order chi connectivity index (χ1) is 13.3. The molecule has 1 atom stereocenters. The van der Waals surface area contributed by atoms with Crippen LogP contribution in [0.25, 0.3) is 0 Å². The lowest BCUT2D eigenvalue weighted by Crippen LogP contribution is -2.40. The molecule has 0 saturated carbocycles. The molecule has 7 heteroatoms. The van der Waals surface area contributed by atoms with Crippen molar-refractivity contribution in [3.63, 3.8) is 0 Å². The van der Waals surface area contributed by atoms with Crippen LogP contribution >= 0.6 is 24.0 Å². The number of likely N-dealkylation sites (tertiary alicyclic amines) is 2. The molecule has 0 amide bonds. The van der Waals surface area contributed by atoms with Crippen molar-refractivity contribution in [1.29, 1.82) is 0 Å². The molecule has 6 nitrogen and oxygen atoms in total. The number of halogens is 1. The molecule has 2 N–H and O–H groups in total. The van der Waals surface area contributed by atoms with E-state index >= 15 is 0 Å². The molecule has 3 rings (SSSR count). The van der Waals surface area contributed by atoms with Crippen LogP contribution in [0.4, 0.5) is 0 Å². The first kappa shape index (κ1) is 23.5. The summed E-state index contributed by atoms with van der Waals surface area (Å²) in [6, 6.07) is 4.30. The maximum Gasteiger partial charge on any atom is 0.191 e. The van der Waals surface area contributed by atoms with Crippen LogP contribution < -0.4 is 10.6 Å². The van der Waals surface area contributed by atoms with Crippen LogP contribution in [0.2, 0.25) is 0 Å². The fraction of sp³-hybridized carbons (Fsp3) is 0.762. The standard InChI is InChI=1S/C21H37N5O.HI/c1-3-22-21(23-11-8-18-9-14-25(2)15-10-18)24-17-19(20-7-6-16-27-20)26-12-4-5-13-26;/h6-7,16,18-19H,3-5,8-15,17H2,1-2H3,(H2,22,23,24);1H. The molecule has 160 valence electrons. The first-order valence-electron chi connectivity index (χ1n) is 10.7. The monoisotopic (exact) mass is 503 g/mol. The molecule has 1 aromatic rings. The van der Waals surface area contributed by atoms with Gasteiger partial charge in [-0.3, -0.25) is 9.89 Å². The molecule has 2 fully saturated rings. The highest BCUT2D eigenvalue weighted by atomic mass is 127. The summed E-state index contributed by atoms with van der Waals surface area (Å²) in [4.78, 5) is 9.83. The fourth-order valence-electron chi connectivity index (χ4n) is 4.18. The normalized spacial score (nSPS) is 20.7. The van der Waals surface area contributed by atoms with Crippen molar-refractivity contribution in [2.24, 2.45) is 10.9 Å². The van der Waals surface area contributed by atoms with Gasteiger partial charge in [0.05, 0.1) is 18.8 Å². The SMILES string of the molecule is CCNC(=NCC(c1ccco1)N1CCCC1)NCCC1CCN(C)CC1.I. The van der Waals surface area contributed by atoms with Gasteiger partial charge in [0.15, 0.2) is 5.96 Å². The van der Waals surface area contributed by atoms with Gasteiger partial charge >= 0.3 is 0 Å². The molecule has 28 heavy (non-hydrogen) atoms. The average molecular weight is 503 g/mol. The summed E-state index contributed by atoms with van der Waals surface area (Å²) in [5.74, 6) is 2.81. The largest absolute Gasteiger partial charge is 0.468 e. The molecular formula is C21H38IN5O. The van der Waals surface area contributed by atoms with E-state index in [-0.39, 0.29) is 30.0 Å². The summed E-state index contributed by atoms with van der Waals surface area (Å²) in [5.41, 5.74) is 0. The maximum absolute atomic E-state index is 5.71. The summed E-state index contributed by atoms with van der Waals surface area (Å²) in [6.45, 7) is 9.49. The van der Waals surface area contributed by atoms with Gasteiger partial charge in [-0.25, -0.2) is 0 Å². The Hall–Kier alpha value is -0.800. The maximum atomic E-state index is 5.71. The van der Waals surface area contributed by atoms with Gasteiger partial charge in [-0.15, -0.1) is 24.0 Å². The second-order valence-electron chi connectivity index (χ2n) is 7.96. The number of hydrogen-bond donors (Lipinski definition) is 2. The summed E-state index contributed by atoms with van der Waals surface area (Å²) in [7, 11) is 2.22. The van der Waals surface area contributed by atoms with Gasteiger partial charge in [-0.05, 0) is 90.3 Å². The number of guanidine groups is 1. The molecular weight excluding hydrogens is 465 g/mol. The van der Waals surface area contributed by atoms with E-state index in [2.05, 4.69) is 40.5 Å². The van der Waals surface area contributed by atoms with E-state index < -0.39 is 0 Å². The van der Waals surface area contributed by atoms with Crippen molar-refractivity contribution < 1.29 is 4.42 Å². The van der Waals surface area contributed by atoms with Gasteiger partial charge in [-0.1, -0.05) is 0 Å². The number of aliphatic imine (C=N–C) groups is 1. The minimum Gasteiger partial charge on any atom is -0.468 e. The minimum absolute atomic E-state index is 0. The third-order valence-electron chi connectivity index (χ3n) is 5.90. The number of hydrogen-bond acceptors (Lipinski definition) is 4. The number of rotatable bonds is 8. The Balaban J connectivity index is 0.00000280. The van der Waals surface area contributed by atoms with Crippen molar-refractivity contribution in [1.82, 2.24) is 20.4 Å². The van der Waals surface area contributed by atoms with Crippen molar-refractivity contribution in [3.05, 3.63) is 24.2 Å². The Kier molecular flexibility index (Phi) is 10.6. The summed E-state index contributed by atoms with van der Waals surface area (Å²) >= 11 is 0. The van der Waals surface area contributed by atoms with E-state index in [0.29, 0.717) is 0 Å². The Morgan fingerprint density at radius 3 is 2.61 bits per heavy atom. The number of nitrogens with zero attached hydrogens (tertiary/aromatic N) is 3. The minimum atomic E-state index is 0. The molecule has 2 aliphatic heterocycles. The highest BCUT2D eigenvalue weighted by Crippen LogP contribution is 2.25. The number of piperidine rings is 1. The summed E-state index contributed by atoms with van der Waals surface area (Å²) in [6.07, 6.45) is 8.19. The van der Waals surface area contributed by atoms with Gasteiger partial charge in [0, 0.05) is 13.1 Å². The third kappa shape index (κ3) is 7.22. The van der Waals surface area contributed by atoms with Crippen molar-refractivity contribution >= 4 is 29.9 Å². The topological polar surface area (TPSA) is 56.0 Å². The molecule has 2 saturated heterocycles. The lowest BCUT2D eigenvalue weighted by Gasteiger charge is -2.29. The smallest absolute Gasteiger partial charge is 0.191 e. The van der Waals surface area contributed by atoms with E-state index in [1.807, 2.05) is 6.07 Å². The van der Waals surface area contributed by atoms with Crippen molar-refractivity contribution in [2.45, 2.75) is 45.1 Å². The van der Waals surface area contributed by atoms with Gasteiger partial charge in [0.25, 0.3) is 0 Å². The summed E-state index contributed by atoms with van der Waals surface area (Å²) in [5, 5.41) is 6.95. The Morgan fingerprint density at radius 2 is 1.96 bits per heavy atom. The predicted octanol–water partition coefficient (Wildman–Crippen LogP) is 3.32. The second kappa shape index (κ2) is 12.7. The van der Waals surface area contributed by atoms with E-state index in [4.69, 9.17) is 9.41 Å². The van der Waals surface area contributed by atoms with E-state index in [9.17, 15) is 0 Å². The Morgan fingerprint density at radius 1 is 1.21 bits per heavy atom. The number of furan rings is 1. The average Bonchev–Trinajstić information content (AvgIpc) is 3.38. The van der Waals surface area contributed by atoms with Crippen LogP contribution in [-0.4, -0.2) is 68.6 Å². The molecule has 0 spiro atoms. The highest BCUT2D eigenvalue weighted by Gasteiger charge is 2.25. The summed E-state index contributed by atoms with van der Waals surface area (Å²) < 4.78 is 5.71. The molecule has 0 bridgehead atoms. The molecule has 1 aromatic heterocycles. The van der Waals surface area contributed by atoms with Crippen LogP contribution in [0.5, 0.6) is 0 Å². The second-order valence-corrected chi connectivity index (χ2v) is 7.96. The molecule has 2 aliphatic rings. The molecule has 0 radical (unpaired) electrons. The van der Waals surface area contributed by atoms with Crippen LogP contribution in [0.15, 0.2) is 27.8 Å². The third-order valence-corrected chi connectivity index (χ3v) is 5.90. The zero-order valence-corrected chi connectivity index (χ0v) is 19.9. The van der Waals surface area contributed by atoms with E-state index in [0.717, 1.165) is 50.4 Å². The molecule has 3 heterocycles. The van der Waals surface area contributed by atoms with Gasteiger partial charge < -0.3 is 20.0 Å². The van der Waals surface area contributed by atoms with Crippen molar-refractivity contribution in [3.8, 4) is 0 Å². The quantitative estimate of drug-likeness (QED) is 0.324. The first-order valence-corrected chi connectivity index (χ1v) is 10.7. The van der Waals surface area contributed by atoms with Crippen molar-refractivity contribution in [2.75, 3.05) is 52.9 Å². The highest BCUT2D eigenvalue weighted by molar-refractivity contribution is 14.0. The van der Waals surface area contributed by atoms with Crippen LogP contribution in [0, 0.1) is 5.92 Å². The van der Waals surface area contributed by atoms with E-state index in [1.54, 1.807) is 6.26 Å². The van der Waals surface area contributed by atoms with Gasteiger partial charge in [-0.2, -0.15) is 0 Å². The lowest BCUT2D eigenvalue weighted by atomic mass is 9.94. The molecule has 0 aromatic carbocycles. The zero-order valence-electron chi connectivity index (χ0n) is 17.5. The molecule has 0 aliphatic carbocycles. The van der Waals surface area contributed by atoms with Crippen LogP contribution in [0.1, 0.15) is 50.8 Å². The van der Waals surface area contributed by atoms with E-state index in [1.165, 1.54) is 45.2 Å². The zero-order chi connectivity index (χ0) is 18.9. The lowest BCUT2D eigenvalue weighted by molar-refractivity contribution is 0.213.